The zero-order valence-corrected chi connectivity index (χ0v) is 16.6. The van der Waals surface area contributed by atoms with Crippen LogP contribution in [0.2, 0.25) is 0 Å². The number of carboxylic acids is 1. The highest BCUT2D eigenvalue weighted by molar-refractivity contribution is 8.15. The molecule has 1 saturated heterocycles. The molecule has 1 atom stereocenters. The molecule has 0 aliphatic carbocycles. The van der Waals surface area contributed by atoms with E-state index in [1.165, 1.54) is 0 Å². The van der Waals surface area contributed by atoms with Crippen molar-refractivity contribution in [3.8, 4) is 0 Å². The number of ether oxygens (including phenoxy) is 1. The average Bonchev–Trinajstić information content (AvgIpc) is 2.99. The van der Waals surface area contributed by atoms with Crippen molar-refractivity contribution in [1.29, 1.82) is 0 Å². The molecule has 1 aromatic carbocycles. The Labute approximate surface area is 167 Å². The van der Waals surface area contributed by atoms with Gasteiger partial charge in [-0.2, -0.15) is 5.10 Å². The van der Waals surface area contributed by atoms with Crippen LogP contribution in [0.15, 0.2) is 34.5 Å². The summed E-state index contributed by atoms with van der Waals surface area (Å²) in [6.07, 6.45) is 1.66. The Hall–Kier alpha value is -2.68. The van der Waals surface area contributed by atoms with E-state index in [0.717, 1.165) is 35.7 Å². The van der Waals surface area contributed by atoms with Crippen molar-refractivity contribution in [2.45, 2.75) is 44.8 Å². The molecular formula is C19H23N3O5S. The van der Waals surface area contributed by atoms with E-state index in [2.05, 4.69) is 15.5 Å². The molecule has 0 aromatic heterocycles. The van der Waals surface area contributed by atoms with E-state index in [1.807, 2.05) is 24.3 Å². The second-order valence-corrected chi connectivity index (χ2v) is 7.33. The van der Waals surface area contributed by atoms with Crippen LogP contribution in [0.3, 0.4) is 0 Å². The number of hydrogen-bond donors (Lipinski definition) is 2. The number of benzene rings is 1. The molecular weight excluding hydrogens is 382 g/mol. The number of hydrogen-bond acceptors (Lipinski definition) is 7. The summed E-state index contributed by atoms with van der Waals surface area (Å²) < 4.78 is 4.91. The molecule has 0 spiro atoms. The number of amidine groups is 1. The number of carboxylic acid groups (broad SMARTS) is 1. The second kappa shape index (κ2) is 10.6. The number of nitrogens with zero attached hydrogens (tertiary/aromatic N) is 2. The van der Waals surface area contributed by atoms with Gasteiger partial charge in [-0.25, -0.2) is 0 Å². The molecule has 28 heavy (non-hydrogen) atoms. The van der Waals surface area contributed by atoms with Gasteiger partial charge in [0.25, 0.3) is 0 Å². The Balaban J connectivity index is 1.90. The minimum Gasteiger partial charge on any atom is -0.481 e. The zero-order valence-electron chi connectivity index (χ0n) is 15.8. The van der Waals surface area contributed by atoms with E-state index in [9.17, 15) is 14.4 Å². The summed E-state index contributed by atoms with van der Waals surface area (Å²) in [7, 11) is 0. The van der Waals surface area contributed by atoms with E-state index >= 15 is 0 Å². The monoisotopic (exact) mass is 405 g/mol. The molecule has 1 aliphatic heterocycles. The second-order valence-electron chi connectivity index (χ2n) is 6.14. The van der Waals surface area contributed by atoms with Crippen molar-refractivity contribution in [2.75, 3.05) is 6.61 Å². The Kier molecular flexibility index (Phi) is 8.19. The Bertz CT molecular complexity index is 789. The Morgan fingerprint density at radius 2 is 2.00 bits per heavy atom. The summed E-state index contributed by atoms with van der Waals surface area (Å²) in [6.45, 7) is 3.99. The summed E-state index contributed by atoms with van der Waals surface area (Å²) in [4.78, 5) is 33.8. The first-order valence-electron chi connectivity index (χ1n) is 8.95. The lowest BCUT2D eigenvalue weighted by Gasteiger charge is -2.04. The van der Waals surface area contributed by atoms with Gasteiger partial charge in [0.2, 0.25) is 5.91 Å². The molecule has 2 rings (SSSR count). The fraction of sp³-hybridized carbons (Fsp3) is 0.421. The maximum Gasteiger partial charge on any atom is 0.305 e. The number of thioether (sulfide) groups is 1. The third-order valence-electron chi connectivity index (χ3n) is 3.95. The molecule has 0 bridgehead atoms. The highest BCUT2D eigenvalue weighted by Gasteiger charge is 2.32. The quantitative estimate of drug-likeness (QED) is 0.370. The number of carbonyl (C=O) groups is 3. The topological polar surface area (TPSA) is 117 Å². The van der Waals surface area contributed by atoms with Crippen LogP contribution in [0.4, 0.5) is 0 Å². The molecule has 0 radical (unpaired) electrons. The Morgan fingerprint density at radius 1 is 1.29 bits per heavy atom. The van der Waals surface area contributed by atoms with Crippen LogP contribution >= 0.6 is 11.8 Å². The molecule has 1 aliphatic rings. The molecule has 1 amide bonds. The number of amides is 1. The molecule has 1 aromatic rings. The van der Waals surface area contributed by atoms with Crippen LogP contribution in [0.25, 0.3) is 0 Å². The third-order valence-corrected chi connectivity index (χ3v) is 5.02. The van der Waals surface area contributed by atoms with Crippen LogP contribution in [-0.4, -0.2) is 45.7 Å². The van der Waals surface area contributed by atoms with Crippen LogP contribution in [0, 0.1) is 0 Å². The number of aryl methyl sites for hydroxylation is 1. The molecule has 1 heterocycles. The predicted octanol–water partition coefficient (Wildman–Crippen LogP) is 2.36. The average molecular weight is 405 g/mol. The normalized spacial score (nSPS) is 18.2. The van der Waals surface area contributed by atoms with E-state index < -0.39 is 11.2 Å². The Morgan fingerprint density at radius 3 is 2.64 bits per heavy atom. The largest absolute Gasteiger partial charge is 0.481 e. The first-order valence-corrected chi connectivity index (χ1v) is 9.83. The molecule has 1 unspecified atom stereocenters. The zero-order chi connectivity index (χ0) is 20.5. The lowest BCUT2D eigenvalue weighted by atomic mass is 10.0. The van der Waals surface area contributed by atoms with Gasteiger partial charge in [-0.15, -0.1) is 5.10 Å². The molecule has 2 N–H and O–H groups in total. The number of rotatable bonds is 9. The summed E-state index contributed by atoms with van der Waals surface area (Å²) >= 11 is 1.07. The van der Waals surface area contributed by atoms with Gasteiger partial charge in [0.15, 0.2) is 5.17 Å². The van der Waals surface area contributed by atoms with Crippen LogP contribution in [0.5, 0.6) is 0 Å². The summed E-state index contributed by atoms with van der Waals surface area (Å²) in [6, 6.07) is 7.79. The van der Waals surface area contributed by atoms with Crippen molar-refractivity contribution in [2.24, 2.45) is 10.2 Å². The van der Waals surface area contributed by atoms with Crippen molar-refractivity contribution < 1.29 is 24.2 Å². The highest BCUT2D eigenvalue weighted by atomic mass is 32.2. The minimum atomic E-state index is -1.03. The smallest absolute Gasteiger partial charge is 0.305 e. The van der Waals surface area contributed by atoms with Crippen LogP contribution < -0.4 is 5.32 Å². The molecule has 8 nitrogen and oxygen atoms in total. The van der Waals surface area contributed by atoms with Gasteiger partial charge in [0.1, 0.15) is 5.25 Å². The maximum absolute atomic E-state index is 11.7. The molecule has 9 heteroatoms. The van der Waals surface area contributed by atoms with Gasteiger partial charge >= 0.3 is 11.9 Å². The number of nitrogens with one attached hydrogen (secondary N) is 1. The van der Waals surface area contributed by atoms with E-state index in [-0.39, 0.29) is 18.3 Å². The maximum atomic E-state index is 11.7. The molecule has 150 valence electrons. The predicted molar refractivity (Wildman–Crippen MR) is 107 cm³/mol. The van der Waals surface area contributed by atoms with E-state index in [0.29, 0.717) is 23.9 Å². The number of carbonyl (C=O) groups excluding carboxylic acids is 2. The minimum absolute atomic E-state index is 0.177. The summed E-state index contributed by atoms with van der Waals surface area (Å²) in [5, 5.41) is 19.1. The van der Waals surface area contributed by atoms with Gasteiger partial charge in [-0.3, -0.25) is 14.4 Å². The van der Waals surface area contributed by atoms with Crippen molar-refractivity contribution in [1.82, 2.24) is 5.32 Å². The number of esters is 1. The van der Waals surface area contributed by atoms with Gasteiger partial charge in [-0.1, -0.05) is 36.0 Å². The van der Waals surface area contributed by atoms with Crippen molar-refractivity contribution >= 4 is 40.5 Å². The van der Waals surface area contributed by atoms with Crippen molar-refractivity contribution in [3.05, 3.63) is 35.4 Å². The lowest BCUT2D eigenvalue weighted by molar-refractivity contribution is -0.143. The van der Waals surface area contributed by atoms with E-state index in [1.54, 1.807) is 13.8 Å². The van der Waals surface area contributed by atoms with Crippen LogP contribution in [0.1, 0.15) is 44.2 Å². The van der Waals surface area contributed by atoms with Gasteiger partial charge in [0, 0.05) is 6.42 Å². The third kappa shape index (κ3) is 6.80. The SMILES string of the molecule is CCOC(=O)CCCc1ccc(/C(C)=N/N=C2/NC(=O)C(CC(=O)O)S2)cc1. The van der Waals surface area contributed by atoms with E-state index in [4.69, 9.17) is 9.84 Å². The van der Waals surface area contributed by atoms with Crippen LogP contribution in [-0.2, 0) is 25.5 Å². The first kappa shape index (κ1) is 21.6. The fourth-order valence-electron chi connectivity index (χ4n) is 2.51. The molecule has 1 fully saturated rings. The standard InChI is InChI=1S/C19H23N3O5S/c1-3-27-17(25)6-4-5-13-7-9-14(10-8-13)12(2)21-22-19-20-18(26)15(28-19)11-16(23)24/h7-10,15H,3-6,11H2,1-2H3,(H,23,24)(H,20,22,26)/b21-12+. The lowest BCUT2D eigenvalue weighted by Crippen LogP contribution is -2.26. The summed E-state index contributed by atoms with van der Waals surface area (Å²) in [5.41, 5.74) is 2.67. The first-order chi connectivity index (χ1) is 13.4. The van der Waals surface area contributed by atoms with Gasteiger partial charge < -0.3 is 15.2 Å². The summed E-state index contributed by atoms with van der Waals surface area (Å²) in [5.74, 6) is -1.58. The van der Waals surface area contributed by atoms with Gasteiger partial charge in [-0.05, 0) is 37.8 Å². The number of aliphatic carboxylic acids is 1. The molecule has 0 saturated carbocycles. The van der Waals surface area contributed by atoms with Crippen molar-refractivity contribution in [3.63, 3.8) is 0 Å². The highest BCUT2D eigenvalue weighted by Crippen LogP contribution is 2.22. The fourth-order valence-corrected chi connectivity index (χ4v) is 3.41. The van der Waals surface area contributed by atoms with Gasteiger partial charge in [0.05, 0.1) is 18.7 Å².